The summed E-state index contributed by atoms with van der Waals surface area (Å²) in [5, 5.41) is 6.37. The number of halogens is 1. The lowest BCUT2D eigenvalue weighted by Crippen LogP contribution is -2.39. The fourth-order valence-corrected chi connectivity index (χ4v) is 3.82. The summed E-state index contributed by atoms with van der Waals surface area (Å²) < 4.78 is 6.22. The molecule has 3 atom stereocenters. The van der Waals surface area contributed by atoms with Crippen LogP contribution in [-0.4, -0.2) is 25.6 Å². The Bertz CT molecular complexity index is 521. The molecule has 108 valence electrons. The maximum absolute atomic E-state index is 12.5. The second kappa shape index (κ2) is 5.74. The fourth-order valence-electron chi connectivity index (χ4n) is 3.46. The molecule has 3 unspecified atom stereocenters. The molecule has 4 nitrogen and oxygen atoms in total. The van der Waals surface area contributed by atoms with Crippen LogP contribution in [-0.2, 0) is 4.79 Å². The van der Waals surface area contributed by atoms with E-state index in [9.17, 15) is 4.79 Å². The van der Waals surface area contributed by atoms with E-state index in [0.717, 1.165) is 23.1 Å². The van der Waals surface area contributed by atoms with Crippen LogP contribution in [0.25, 0.3) is 0 Å². The molecule has 1 aliphatic carbocycles. The van der Waals surface area contributed by atoms with Crippen molar-refractivity contribution in [3.8, 4) is 5.75 Å². The number of fused-ring (bicyclic) bond motifs is 1. The number of carbonyl (C=O) groups is 1. The third kappa shape index (κ3) is 2.56. The Morgan fingerprint density at radius 3 is 3.10 bits per heavy atom. The molecule has 2 fully saturated rings. The van der Waals surface area contributed by atoms with Crippen LogP contribution in [0.2, 0.25) is 0 Å². The Morgan fingerprint density at radius 1 is 1.45 bits per heavy atom. The van der Waals surface area contributed by atoms with Crippen LogP contribution in [0, 0.1) is 11.8 Å². The molecule has 0 bridgehead atoms. The van der Waals surface area contributed by atoms with Crippen LogP contribution >= 0.6 is 15.9 Å². The minimum absolute atomic E-state index is 0.0517. The highest BCUT2D eigenvalue weighted by Crippen LogP contribution is 2.38. The first-order valence-corrected chi connectivity index (χ1v) is 7.86. The van der Waals surface area contributed by atoms with E-state index in [1.165, 1.54) is 12.8 Å². The molecular formula is C15H19BrN2O2. The molecule has 2 aliphatic rings. The van der Waals surface area contributed by atoms with Crippen molar-refractivity contribution in [2.75, 3.05) is 19.0 Å². The topological polar surface area (TPSA) is 50.4 Å². The molecule has 1 saturated carbocycles. The van der Waals surface area contributed by atoms with E-state index in [1.54, 1.807) is 7.11 Å². The van der Waals surface area contributed by atoms with Crippen LogP contribution in [0.4, 0.5) is 5.69 Å². The molecule has 0 spiro atoms. The lowest BCUT2D eigenvalue weighted by atomic mass is 9.93. The highest BCUT2D eigenvalue weighted by molar-refractivity contribution is 9.10. The molecule has 0 aromatic heterocycles. The Labute approximate surface area is 127 Å². The molecule has 1 saturated heterocycles. The van der Waals surface area contributed by atoms with Crippen molar-refractivity contribution in [3.05, 3.63) is 22.7 Å². The summed E-state index contributed by atoms with van der Waals surface area (Å²) >= 11 is 3.42. The Hall–Kier alpha value is -1.07. The zero-order chi connectivity index (χ0) is 14.1. The van der Waals surface area contributed by atoms with E-state index in [0.29, 0.717) is 17.6 Å². The number of hydrogen-bond donors (Lipinski definition) is 2. The van der Waals surface area contributed by atoms with Gasteiger partial charge in [-0.3, -0.25) is 4.79 Å². The van der Waals surface area contributed by atoms with Crippen molar-refractivity contribution in [1.29, 1.82) is 0 Å². The fraction of sp³-hybridized carbons (Fsp3) is 0.533. The van der Waals surface area contributed by atoms with Crippen molar-refractivity contribution in [1.82, 2.24) is 5.32 Å². The van der Waals surface area contributed by atoms with E-state index in [1.807, 2.05) is 18.2 Å². The monoisotopic (exact) mass is 338 g/mol. The lowest BCUT2D eigenvalue weighted by Gasteiger charge is -2.19. The first-order chi connectivity index (χ1) is 9.69. The van der Waals surface area contributed by atoms with Gasteiger partial charge in [0, 0.05) is 4.47 Å². The van der Waals surface area contributed by atoms with Crippen LogP contribution in [0.15, 0.2) is 22.7 Å². The summed E-state index contributed by atoms with van der Waals surface area (Å²) in [5.74, 6) is 1.90. The molecule has 1 amide bonds. The van der Waals surface area contributed by atoms with Gasteiger partial charge in [0.05, 0.1) is 18.8 Å². The molecule has 3 rings (SSSR count). The molecule has 5 heteroatoms. The van der Waals surface area contributed by atoms with Gasteiger partial charge in [-0.2, -0.15) is 0 Å². The normalized spacial score (nSPS) is 28.2. The summed E-state index contributed by atoms with van der Waals surface area (Å²) in [4.78, 5) is 12.5. The van der Waals surface area contributed by atoms with Gasteiger partial charge in [0.25, 0.3) is 0 Å². The molecule has 0 radical (unpaired) electrons. The van der Waals surface area contributed by atoms with Crippen LogP contribution in [0.1, 0.15) is 19.3 Å². The van der Waals surface area contributed by atoms with E-state index < -0.39 is 0 Å². The zero-order valence-corrected chi connectivity index (χ0v) is 13.1. The maximum atomic E-state index is 12.5. The van der Waals surface area contributed by atoms with Gasteiger partial charge >= 0.3 is 0 Å². The second-order valence-electron chi connectivity index (χ2n) is 5.57. The predicted molar refractivity (Wildman–Crippen MR) is 81.9 cm³/mol. The number of carbonyl (C=O) groups excluding carboxylic acids is 1. The molecular weight excluding hydrogens is 320 g/mol. The zero-order valence-electron chi connectivity index (χ0n) is 11.5. The molecule has 1 aromatic rings. The molecule has 1 aromatic carbocycles. The van der Waals surface area contributed by atoms with E-state index in [4.69, 9.17) is 4.74 Å². The van der Waals surface area contributed by atoms with Gasteiger partial charge in [-0.15, -0.1) is 0 Å². The van der Waals surface area contributed by atoms with Crippen molar-refractivity contribution in [2.24, 2.45) is 11.8 Å². The Balaban J connectivity index is 1.74. The standard InChI is InChI=1S/C15H19BrN2O2/c1-20-13-6-5-10(16)7-12(13)18-15(19)14-11-4-2-3-9(11)8-17-14/h5-7,9,11,14,17H,2-4,8H2,1H3,(H,18,19). The van der Waals surface area contributed by atoms with Gasteiger partial charge in [-0.25, -0.2) is 0 Å². The van der Waals surface area contributed by atoms with Gasteiger partial charge in [-0.05, 0) is 49.4 Å². The molecule has 2 N–H and O–H groups in total. The summed E-state index contributed by atoms with van der Waals surface area (Å²) in [6, 6.07) is 5.55. The smallest absolute Gasteiger partial charge is 0.241 e. The number of methoxy groups -OCH3 is 1. The minimum Gasteiger partial charge on any atom is -0.495 e. The van der Waals surface area contributed by atoms with Crippen LogP contribution in [0.3, 0.4) is 0 Å². The third-order valence-corrected chi connectivity index (χ3v) is 4.94. The second-order valence-corrected chi connectivity index (χ2v) is 6.49. The molecule has 1 aliphatic heterocycles. The van der Waals surface area contributed by atoms with E-state index in [2.05, 4.69) is 26.6 Å². The summed E-state index contributed by atoms with van der Waals surface area (Å²) in [7, 11) is 1.61. The molecule has 20 heavy (non-hydrogen) atoms. The lowest BCUT2D eigenvalue weighted by molar-refractivity contribution is -0.118. The number of hydrogen-bond acceptors (Lipinski definition) is 3. The van der Waals surface area contributed by atoms with Gasteiger partial charge in [0.1, 0.15) is 5.75 Å². The number of amides is 1. The SMILES string of the molecule is COc1ccc(Br)cc1NC(=O)C1NCC2CCCC21. The average Bonchev–Trinajstić information content (AvgIpc) is 3.01. The highest BCUT2D eigenvalue weighted by atomic mass is 79.9. The first-order valence-electron chi connectivity index (χ1n) is 7.07. The van der Waals surface area contributed by atoms with Gasteiger partial charge in [0.15, 0.2) is 0 Å². The largest absolute Gasteiger partial charge is 0.495 e. The Morgan fingerprint density at radius 2 is 2.30 bits per heavy atom. The van der Waals surface area contributed by atoms with E-state index in [-0.39, 0.29) is 11.9 Å². The van der Waals surface area contributed by atoms with Crippen LogP contribution < -0.4 is 15.4 Å². The van der Waals surface area contributed by atoms with Gasteiger partial charge < -0.3 is 15.4 Å². The van der Waals surface area contributed by atoms with Gasteiger partial charge in [-0.1, -0.05) is 22.4 Å². The summed E-state index contributed by atoms with van der Waals surface area (Å²) in [6.45, 7) is 0.971. The third-order valence-electron chi connectivity index (χ3n) is 4.45. The van der Waals surface area contributed by atoms with Crippen molar-refractivity contribution in [3.63, 3.8) is 0 Å². The Kier molecular flexibility index (Phi) is 3.98. The van der Waals surface area contributed by atoms with E-state index >= 15 is 0 Å². The number of anilines is 1. The predicted octanol–water partition coefficient (Wildman–Crippen LogP) is 2.78. The number of nitrogens with one attached hydrogen (secondary N) is 2. The van der Waals surface area contributed by atoms with Crippen molar-refractivity contribution < 1.29 is 9.53 Å². The number of benzene rings is 1. The van der Waals surface area contributed by atoms with Crippen LogP contribution in [0.5, 0.6) is 5.75 Å². The number of rotatable bonds is 3. The maximum Gasteiger partial charge on any atom is 0.241 e. The molecule has 1 heterocycles. The minimum atomic E-state index is -0.0637. The highest BCUT2D eigenvalue weighted by Gasteiger charge is 2.42. The van der Waals surface area contributed by atoms with Gasteiger partial charge in [0.2, 0.25) is 5.91 Å². The average molecular weight is 339 g/mol. The number of ether oxygens (including phenoxy) is 1. The quantitative estimate of drug-likeness (QED) is 0.890. The summed E-state index contributed by atoms with van der Waals surface area (Å²) in [5.41, 5.74) is 0.718. The first kappa shape index (κ1) is 13.9. The summed E-state index contributed by atoms with van der Waals surface area (Å²) in [6.07, 6.45) is 3.66. The van der Waals surface area contributed by atoms with Crippen molar-refractivity contribution in [2.45, 2.75) is 25.3 Å². The van der Waals surface area contributed by atoms with Crippen molar-refractivity contribution >= 4 is 27.5 Å².